The number of hydrogen-bond donors (Lipinski definition) is 2. The normalized spacial score (nSPS) is 22.4. The minimum atomic E-state index is -0.132. The lowest BCUT2D eigenvalue weighted by molar-refractivity contribution is -0.124. The highest BCUT2D eigenvalue weighted by molar-refractivity contribution is 5.89. The molecule has 3 aliphatic heterocycles. The molecule has 2 N–H and O–H groups in total. The number of urea groups is 1. The number of anilines is 1. The van der Waals surface area contributed by atoms with Gasteiger partial charge in [-0.25, -0.2) is 4.79 Å². The molecule has 0 aromatic heterocycles. The Morgan fingerprint density at radius 1 is 1.13 bits per heavy atom. The minimum absolute atomic E-state index is 0.0223. The van der Waals surface area contributed by atoms with Gasteiger partial charge in [0.1, 0.15) is 13.2 Å². The Hall–Kier alpha value is -2.48. The second-order valence-electron chi connectivity index (χ2n) is 8.44. The lowest BCUT2D eigenvalue weighted by Gasteiger charge is -2.46. The van der Waals surface area contributed by atoms with E-state index in [1.54, 1.807) is 6.92 Å². The molecule has 164 valence electrons. The lowest BCUT2D eigenvalue weighted by atomic mass is 9.78. The third-order valence-corrected chi connectivity index (χ3v) is 6.28. The van der Waals surface area contributed by atoms with Crippen molar-refractivity contribution < 1.29 is 23.8 Å². The Morgan fingerprint density at radius 3 is 2.67 bits per heavy atom. The van der Waals surface area contributed by atoms with Gasteiger partial charge in [-0.2, -0.15) is 0 Å². The van der Waals surface area contributed by atoms with Crippen LogP contribution >= 0.6 is 0 Å². The number of nitrogens with zero attached hydrogens (tertiary/aromatic N) is 1. The second-order valence-corrected chi connectivity index (χ2v) is 8.44. The van der Waals surface area contributed by atoms with Crippen LogP contribution in [0.1, 0.15) is 39.0 Å². The lowest BCUT2D eigenvalue weighted by Crippen LogP contribution is -2.51. The number of carbonyl (C=O) groups excluding carboxylic acids is 2. The molecule has 0 aliphatic carbocycles. The van der Waals surface area contributed by atoms with Gasteiger partial charge in [-0.3, -0.25) is 4.79 Å². The molecule has 8 heteroatoms. The highest BCUT2D eigenvalue weighted by atomic mass is 16.6. The average molecular weight is 418 g/mol. The fourth-order valence-electron chi connectivity index (χ4n) is 4.62. The van der Waals surface area contributed by atoms with Gasteiger partial charge in [-0.1, -0.05) is 0 Å². The molecule has 0 bridgehead atoms. The van der Waals surface area contributed by atoms with Crippen molar-refractivity contribution >= 4 is 17.6 Å². The molecule has 8 nitrogen and oxygen atoms in total. The molecule has 1 unspecified atom stereocenters. The van der Waals surface area contributed by atoms with Crippen molar-refractivity contribution in [2.24, 2.45) is 5.92 Å². The van der Waals surface area contributed by atoms with Gasteiger partial charge >= 0.3 is 6.03 Å². The van der Waals surface area contributed by atoms with E-state index < -0.39 is 0 Å². The van der Waals surface area contributed by atoms with E-state index in [0.717, 1.165) is 45.3 Å². The van der Waals surface area contributed by atoms with Crippen LogP contribution in [0.15, 0.2) is 18.2 Å². The topological polar surface area (TPSA) is 89.1 Å². The number of ether oxygens (including phenoxy) is 3. The highest BCUT2D eigenvalue weighted by Crippen LogP contribution is 2.39. The molecule has 1 atom stereocenters. The Kier molecular flexibility index (Phi) is 6.32. The maximum Gasteiger partial charge on any atom is 0.321 e. The van der Waals surface area contributed by atoms with Crippen LogP contribution in [0.2, 0.25) is 0 Å². The molecule has 0 saturated carbocycles. The summed E-state index contributed by atoms with van der Waals surface area (Å²) in [6.07, 6.45) is 4.72. The van der Waals surface area contributed by atoms with Gasteiger partial charge in [0, 0.05) is 44.9 Å². The van der Waals surface area contributed by atoms with Crippen LogP contribution in [0.3, 0.4) is 0 Å². The number of amides is 3. The quantitative estimate of drug-likeness (QED) is 0.786. The summed E-state index contributed by atoms with van der Waals surface area (Å²) in [5.41, 5.74) is 0.573. The smallest absolute Gasteiger partial charge is 0.321 e. The maximum absolute atomic E-state index is 12.7. The van der Waals surface area contributed by atoms with Crippen molar-refractivity contribution in [3.05, 3.63) is 18.2 Å². The molecule has 1 aromatic carbocycles. The molecule has 3 amide bonds. The first-order valence-corrected chi connectivity index (χ1v) is 10.9. The van der Waals surface area contributed by atoms with Crippen LogP contribution < -0.4 is 20.1 Å². The van der Waals surface area contributed by atoms with Gasteiger partial charge in [0.2, 0.25) is 5.91 Å². The van der Waals surface area contributed by atoms with Crippen molar-refractivity contribution in [3.63, 3.8) is 0 Å². The standard InChI is InChI=1S/C22H31N3O5/c1-16(26)23-8-4-17-5-11-30-22(15-17)6-9-25(10-7-22)21(27)24-18-2-3-19-20(14-18)29-13-12-28-19/h2-3,14,17H,4-13,15H2,1H3,(H,23,26)(H,24,27). The molecular formula is C22H31N3O5. The fourth-order valence-corrected chi connectivity index (χ4v) is 4.62. The summed E-state index contributed by atoms with van der Waals surface area (Å²) in [7, 11) is 0. The number of benzene rings is 1. The van der Waals surface area contributed by atoms with Gasteiger partial charge in [-0.15, -0.1) is 0 Å². The molecule has 30 heavy (non-hydrogen) atoms. The number of rotatable bonds is 4. The molecule has 3 aliphatic rings. The third kappa shape index (κ3) is 4.98. The summed E-state index contributed by atoms with van der Waals surface area (Å²) in [6, 6.07) is 5.37. The highest BCUT2D eigenvalue weighted by Gasteiger charge is 2.41. The number of carbonyl (C=O) groups is 2. The van der Waals surface area contributed by atoms with E-state index in [4.69, 9.17) is 14.2 Å². The molecule has 1 spiro atoms. The van der Waals surface area contributed by atoms with Gasteiger partial charge in [0.25, 0.3) is 0 Å². The van der Waals surface area contributed by atoms with Crippen molar-refractivity contribution in [2.45, 2.75) is 44.6 Å². The zero-order chi connectivity index (χ0) is 21.0. The monoisotopic (exact) mass is 417 g/mol. The molecule has 1 aromatic rings. The van der Waals surface area contributed by atoms with Crippen molar-refractivity contribution in [2.75, 3.05) is 44.8 Å². The predicted molar refractivity (Wildman–Crippen MR) is 112 cm³/mol. The minimum Gasteiger partial charge on any atom is -0.486 e. The molecule has 2 saturated heterocycles. The van der Waals surface area contributed by atoms with E-state index in [9.17, 15) is 9.59 Å². The predicted octanol–water partition coefficient (Wildman–Crippen LogP) is 2.78. The third-order valence-electron chi connectivity index (χ3n) is 6.28. The summed E-state index contributed by atoms with van der Waals surface area (Å²) in [5.74, 6) is 1.96. The van der Waals surface area contributed by atoms with Crippen LogP contribution in [-0.4, -0.2) is 61.9 Å². The number of likely N-dealkylation sites (tertiary alicyclic amines) is 1. The van der Waals surface area contributed by atoms with Crippen LogP contribution in [-0.2, 0) is 9.53 Å². The van der Waals surface area contributed by atoms with E-state index in [1.807, 2.05) is 23.1 Å². The van der Waals surface area contributed by atoms with Gasteiger partial charge in [0.15, 0.2) is 11.5 Å². The zero-order valence-electron chi connectivity index (χ0n) is 17.6. The summed E-state index contributed by atoms with van der Waals surface area (Å²) in [4.78, 5) is 25.7. The average Bonchev–Trinajstić information content (AvgIpc) is 2.74. The van der Waals surface area contributed by atoms with Crippen molar-refractivity contribution in [1.29, 1.82) is 0 Å². The fraction of sp³-hybridized carbons (Fsp3) is 0.636. The molecular weight excluding hydrogens is 386 g/mol. The summed E-state index contributed by atoms with van der Waals surface area (Å²) in [6.45, 7) is 5.45. The summed E-state index contributed by atoms with van der Waals surface area (Å²) >= 11 is 0. The summed E-state index contributed by atoms with van der Waals surface area (Å²) in [5, 5.41) is 5.86. The van der Waals surface area contributed by atoms with E-state index in [2.05, 4.69) is 10.6 Å². The second kappa shape index (κ2) is 9.12. The molecule has 3 heterocycles. The zero-order valence-corrected chi connectivity index (χ0v) is 17.6. The van der Waals surface area contributed by atoms with E-state index in [-0.39, 0.29) is 17.5 Å². The van der Waals surface area contributed by atoms with Gasteiger partial charge < -0.3 is 29.7 Å². The SMILES string of the molecule is CC(=O)NCCC1CCOC2(CCN(C(=O)Nc3ccc4c(c3)OCCO4)CC2)C1. The Bertz CT molecular complexity index is 776. The number of hydrogen-bond acceptors (Lipinski definition) is 5. The Balaban J connectivity index is 1.27. The van der Waals surface area contributed by atoms with Crippen molar-refractivity contribution in [3.8, 4) is 11.5 Å². The number of fused-ring (bicyclic) bond motifs is 1. The number of piperidine rings is 1. The van der Waals surface area contributed by atoms with Crippen LogP contribution in [0.25, 0.3) is 0 Å². The van der Waals surface area contributed by atoms with Crippen LogP contribution in [0.5, 0.6) is 11.5 Å². The van der Waals surface area contributed by atoms with Gasteiger partial charge in [-0.05, 0) is 50.2 Å². The molecule has 4 rings (SSSR count). The maximum atomic E-state index is 12.7. The largest absolute Gasteiger partial charge is 0.486 e. The Morgan fingerprint density at radius 2 is 1.90 bits per heavy atom. The van der Waals surface area contributed by atoms with E-state index >= 15 is 0 Å². The van der Waals surface area contributed by atoms with Gasteiger partial charge in [0.05, 0.1) is 5.60 Å². The van der Waals surface area contributed by atoms with E-state index in [1.165, 1.54) is 0 Å². The summed E-state index contributed by atoms with van der Waals surface area (Å²) < 4.78 is 17.3. The van der Waals surface area contributed by atoms with Crippen LogP contribution in [0, 0.1) is 5.92 Å². The Labute approximate surface area is 177 Å². The first kappa shape index (κ1) is 20.8. The first-order chi connectivity index (χ1) is 14.5. The molecule has 0 radical (unpaired) electrons. The first-order valence-electron chi connectivity index (χ1n) is 10.9. The van der Waals surface area contributed by atoms with E-state index in [0.29, 0.717) is 49.4 Å². The van der Waals surface area contributed by atoms with Crippen LogP contribution in [0.4, 0.5) is 10.5 Å². The number of nitrogens with one attached hydrogen (secondary N) is 2. The molecule has 2 fully saturated rings. The van der Waals surface area contributed by atoms with Crippen molar-refractivity contribution in [1.82, 2.24) is 10.2 Å².